The molecule has 2 atom stereocenters. The smallest absolute Gasteiger partial charge is 0.254 e. The monoisotopic (exact) mass is 278 g/mol. The fraction of sp³-hybridized carbons (Fsp3) is 0.562. The molecule has 0 aromatic heterocycles. The van der Waals surface area contributed by atoms with Crippen LogP contribution in [-0.2, 0) is 0 Å². The lowest BCUT2D eigenvalue weighted by atomic mass is 9.84. The number of carbonyl (C=O) groups is 1. The Balaban J connectivity index is 2.08. The second-order valence-corrected chi connectivity index (χ2v) is 5.81. The number of anilines is 1. The number of benzene rings is 1. The van der Waals surface area contributed by atoms with Crippen LogP contribution in [0.15, 0.2) is 12.1 Å². The Bertz CT molecular complexity index is 501. The molecule has 0 bridgehead atoms. The maximum absolute atomic E-state index is 14.0. The van der Waals surface area contributed by atoms with E-state index in [9.17, 15) is 9.18 Å². The summed E-state index contributed by atoms with van der Waals surface area (Å²) >= 11 is 0. The Hall–Kier alpha value is -1.58. The number of amides is 1. The van der Waals surface area contributed by atoms with E-state index in [-0.39, 0.29) is 17.5 Å². The van der Waals surface area contributed by atoms with Crippen LogP contribution in [0, 0.1) is 18.7 Å². The first kappa shape index (κ1) is 14.8. The van der Waals surface area contributed by atoms with E-state index >= 15 is 0 Å². The minimum Gasteiger partial charge on any atom is -0.399 e. The molecule has 1 amide bonds. The third-order valence-electron chi connectivity index (χ3n) is 4.22. The van der Waals surface area contributed by atoms with Gasteiger partial charge in [-0.15, -0.1) is 0 Å². The summed E-state index contributed by atoms with van der Waals surface area (Å²) in [6.45, 7) is 3.80. The molecule has 20 heavy (non-hydrogen) atoms. The molecule has 2 rings (SSSR count). The highest BCUT2D eigenvalue weighted by Crippen LogP contribution is 2.27. The standard InChI is InChI=1S/C16H23FN2O/c1-3-11-5-4-6-13(8-11)19-16(20)14-9-12(18)7-10(2)15(14)17/h7,9,11,13H,3-6,8,18H2,1-2H3,(H,19,20). The minimum absolute atomic E-state index is 0.0566. The highest BCUT2D eigenvalue weighted by molar-refractivity contribution is 5.95. The third-order valence-corrected chi connectivity index (χ3v) is 4.22. The first-order chi connectivity index (χ1) is 9.51. The molecule has 1 fully saturated rings. The molecule has 0 saturated heterocycles. The molecule has 4 heteroatoms. The molecule has 1 aromatic carbocycles. The van der Waals surface area contributed by atoms with Crippen LogP contribution in [0.4, 0.5) is 10.1 Å². The highest BCUT2D eigenvalue weighted by atomic mass is 19.1. The average molecular weight is 278 g/mol. The molecule has 1 aromatic rings. The van der Waals surface area contributed by atoms with Crippen LogP contribution in [0.5, 0.6) is 0 Å². The van der Waals surface area contributed by atoms with Gasteiger partial charge in [0.1, 0.15) is 5.82 Å². The number of nitrogens with two attached hydrogens (primary N) is 1. The van der Waals surface area contributed by atoms with Gasteiger partial charge in [-0.1, -0.05) is 26.2 Å². The summed E-state index contributed by atoms with van der Waals surface area (Å²) in [6.07, 6.45) is 5.46. The van der Waals surface area contributed by atoms with Crippen molar-refractivity contribution in [3.05, 3.63) is 29.1 Å². The van der Waals surface area contributed by atoms with E-state index in [0.717, 1.165) is 25.7 Å². The number of aryl methyl sites for hydroxylation is 1. The van der Waals surface area contributed by atoms with E-state index in [4.69, 9.17) is 5.73 Å². The maximum atomic E-state index is 14.0. The van der Waals surface area contributed by atoms with Gasteiger partial charge < -0.3 is 11.1 Å². The van der Waals surface area contributed by atoms with Gasteiger partial charge in [-0.2, -0.15) is 0 Å². The average Bonchev–Trinajstić information content (AvgIpc) is 2.43. The summed E-state index contributed by atoms with van der Waals surface area (Å²) in [6, 6.07) is 3.11. The second kappa shape index (κ2) is 6.25. The number of carbonyl (C=O) groups excluding carboxylic acids is 1. The molecule has 1 aliphatic rings. The van der Waals surface area contributed by atoms with Crippen LogP contribution in [0.3, 0.4) is 0 Å². The molecule has 1 aliphatic carbocycles. The van der Waals surface area contributed by atoms with Gasteiger partial charge >= 0.3 is 0 Å². The minimum atomic E-state index is -0.473. The summed E-state index contributed by atoms with van der Waals surface area (Å²) in [5, 5.41) is 2.96. The first-order valence-electron chi connectivity index (χ1n) is 7.37. The number of nitrogens with one attached hydrogen (secondary N) is 1. The van der Waals surface area contributed by atoms with Gasteiger partial charge in [0, 0.05) is 11.7 Å². The van der Waals surface area contributed by atoms with E-state index in [1.165, 1.54) is 12.5 Å². The lowest BCUT2D eigenvalue weighted by molar-refractivity contribution is 0.0915. The first-order valence-corrected chi connectivity index (χ1v) is 7.37. The van der Waals surface area contributed by atoms with Crippen molar-refractivity contribution in [1.82, 2.24) is 5.32 Å². The fourth-order valence-corrected chi connectivity index (χ4v) is 3.02. The van der Waals surface area contributed by atoms with Crippen LogP contribution in [-0.4, -0.2) is 11.9 Å². The molecule has 3 N–H and O–H groups in total. The molecule has 0 radical (unpaired) electrons. The number of hydrogen-bond acceptors (Lipinski definition) is 2. The normalized spacial score (nSPS) is 22.6. The zero-order valence-electron chi connectivity index (χ0n) is 12.2. The van der Waals surface area contributed by atoms with Crippen molar-refractivity contribution in [3.63, 3.8) is 0 Å². The molecule has 0 heterocycles. The molecule has 3 nitrogen and oxygen atoms in total. The van der Waals surface area contributed by atoms with E-state index in [0.29, 0.717) is 17.2 Å². The lowest BCUT2D eigenvalue weighted by Gasteiger charge is -2.29. The molecular weight excluding hydrogens is 255 g/mol. The Morgan fingerprint density at radius 2 is 2.20 bits per heavy atom. The molecule has 0 spiro atoms. The molecule has 0 aliphatic heterocycles. The summed E-state index contributed by atoms with van der Waals surface area (Å²) < 4.78 is 14.0. The second-order valence-electron chi connectivity index (χ2n) is 5.81. The fourth-order valence-electron chi connectivity index (χ4n) is 3.02. The summed E-state index contributed by atoms with van der Waals surface area (Å²) in [4.78, 5) is 12.2. The van der Waals surface area contributed by atoms with Crippen molar-refractivity contribution in [1.29, 1.82) is 0 Å². The Kier molecular flexibility index (Phi) is 4.63. The molecular formula is C16H23FN2O. The topological polar surface area (TPSA) is 55.1 Å². The van der Waals surface area contributed by atoms with Gasteiger partial charge in [0.2, 0.25) is 0 Å². The van der Waals surface area contributed by atoms with Crippen LogP contribution >= 0.6 is 0 Å². The predicted molar refractivity (Wildman–Crippen MR) is 79.1 cm³/mol. The van der Waals surface area contributed by atoms with Gasteiger partial charge in [0.05, 0.1) is 5.56 Å². The van der Waals surface area contributed by atoms with Gasteiger partial charge in [0.15, 0.2) is 0 Å². The maximum Gasteiger partial charge on any atom is 0.254 e. The largest absolute Gasteiger partial charge is 0.399 e. The number of rotatable bonds is 3. The summed E-state index contributed by atoms with van der Waals surface area (Å²) in [5.74, 6) is -0.152. The Morgan fingerprint density at radius 1 is 1.45 bits per heavy atom. The Morgan fingerprint density at radius 3 is 2.90 bits per heavy atom. The number of halogens is 1. The molecule has 1 saturated carbocycles. The molecule has 110 valence electrons. The van der Waals surface area contributed by atoms with Crippen molar-refractivity contribution < 1.29 is 9.18 Å². The van der Waals surface area contributed by atoms with Crippen LogP contribution in [0.2, 0.25) is 0 Å². The van der Waals surface area contributed by atoms with Gasteiger partial charge in [-0.25, -0.2) is 4.39 Å². The summed E-state index contributed by atoms with van der Waals surface area (Å²) in [7, 11) is 0. The van der Waals surface area contributed by atoms with Crippen molar-refractivity contribution in [2.75, 3.05) is 5.73 Å². The van der Waals surface area contributed by atoms with Crippen molar-refractivity contribution in [3.8, 4) is 0 Å². The van der Waals surface area contributed by atoms with Crippen LogP contribution in [0.1, 0.15) is 54.9 Å². The SMILES string of the molecule is CCC1CCCC(NC(=O)c2cc(N)cc(C)c2F)C1. The summed E-state index contributed by atoms with van der Waals surface area (Å²) in [5.41, 5.74) is 6.58. The zero-order chi connectivity index (χ0) is 14.7. The van der Waals surface area contributed by atoms with Crippen molar-refractivity contribution >= 4 is 11.6 Å². The highest BCUT2D eigenvalue weighted by Gasteiger charge is 2.24. The van der Waals surface area contributed by atoms with Gasteiger partial charge in [0.25, 0.3) is 5.91 Å². The quantitative estimate of drug-likeness (QED) is 0.832. The number of hydrogen-bond donors (Lipinski definition) is 2. The van der Waals surface area contributed by atoms with Gasteiger partial charge in [-0.05, 0) is 43.4 Å². The van der Waals surface area contributed by atoms with Crippen molar-refractivity contribution in [2.45, 2.75) is 52.0 Å². The number of nitrogen functional groups attached to an aromatic ring is 1. The third kappa shape index (κ3) is 3.30. The van der Waals surface area contributed by atoms with Crippen LogP contribution < -0.4 is 11.1 Å². The predicted octanol–water partition coefficient (Wildman–Crippen LogP) is 3.41. The van der Waals surface area contributed by atoms with Crippen LogP contribution in [0.25, 0.3) is 0 Å². The molecule has 2 unspecified atom stereocenters. The van der Waals surface area contributed by atoms with Crippen molar-refractivity contribution in [2.24, 2.45) is 5.92 Å². The Labute approximate surface area is 119 Å². The van der Waals surface area contributed by atoms with E-state index in [1.54, 1.807) is 13.0 Å². The lowest BCUT2D eigenvalue weighted by Crippen LogP contribution is -2.38. The van der Waals surface area contributed by atoms with E-state index in [2.05, 4.69) is 12.2 Å². The zero-order valence-corrected chi connectivity index (χ0v) is 12.2. The van der Waals surface area contributed by atoms with E-state index in [1.807, 2.05) is 0 Å². The van der Waals surface area contributed by atoms with E-state index < -0.39 is 5.82 Å². The van der Waals surface area contributed by atoms with Gasteiger partial charge in [-0.3, -0.25) is 4.79 Å².